The molecule has 1 aromatic rings. The number of halogens is 1. The quantitative estimate of drug-likeness (QED) is 0.622. The molecule has 66 valence electrons. The SMILES string of the molecule is C#CC(=O)Nc1cccc(I)c1C. The van der Waals surface area contributed by atoms with Gasteiger partial charge in [0.25, 0.3) is 5.91 Å². The highest BCUT2D eigenvalue weighted by Crippen LogP contribution is 2.19. The molecule has 13 heavy (non-hydrogen) atoms. The molecule has 1 aromatic carbocycles. The Balaban J connectivity index is 2.97. The van der Waals surface area contributed by atoms with Gasteiger partial charge in [-0.2, -0.15) is 0 Å². The predicted octanol–water partition coefficient (Wildman–Crippen LogP) is 2.17. The van der Waals surface area contributed by atoms with E-state index >= 15 is 0 Å². The average Bonchev–Trinajstić information content (AvgIpc) is 2.13. The fourth-order valence-electron chi connectivity index (χ4n) is 0.901. The molecule has 0 heterocycles. The molecule has 0 radical (unpaired) electrons. The Kier molecular flexibility index (Phi) is 3.32. The lowest BCUT2D eigenvalue weighted by Crippen LogP contribution is -2.09. The van der Waals surface area contributed by atoms with Gasteiger partial charge in [-0.25, -0.2) is 0 Å². The zero-order valence-corrected chi connectivity index (χ0v) is 9.25. The molecular formula is C10H8INO. The molecule has 0 saturated carbocycles. The van der Waals surface area contributed by atoms with Gasteiger partial charge in [0.05, 0.1) is 0 Å². The number of benzene rings is 1. The van der Waals surface area contributed by atoms with Gasteiger partial charge >= 0.3 is 0 Å². The van der Waals surface area contributed by atoms with Crippen LogP contribution in [0.3, 0.4) is 0 Å². The number of anilines is 1. The van der Waals surface area contributed by atoms with Crippen molar-refractivity contribution in [3.8, 4) is 12.3 Å². The maximum atomic E-state index is 10.9. The highest BCUT2D eigenvalue weighted by molar-refractivity contribution is 14.1. The molecule has 0 aliphatic rings. The van der Waals surface area contributed by atoms with Crippen molar-refractivity contribution >= 4 is 34.2 Å². The minimum absolute atomic E-state index is 0.412. The third kappa shape index (κ3) is 2.46. The number of carbonyl (C=O) groups is 1. The summed E-state index contributed by atoms with van der Waals surface area (Å²) in [5.74, 6) is 1.60. The first-order valence-corrected chi connectivity index (χ1v) is 4.75. The molecule has 3 heteroatoms. The van der Waals surface area contributed by atoms with Gasteiger partial charge in [-0.15, -0.1) is 6.42 Å². The number of rotatable bonds is 1. The van der Waals surface area contributed by atoms with Crippen molar-refractivity contribution < 1.29 is 4.79 Å². The van der Waals surface area contributed by atoms with Crippen molar-refractivity contribution in [1.82, 2.24) is 0 Å². The third-order valence-corrected chi connectivity index (χ3v) is 2.82. The molecule has 1 N–H and O–H groups in total. The van der Waals surface area contributed by atoms with Crippen LogP contribution in [-0.4, -0.2) is 5.91 Å². The molecule has 0 aliphatic heterocycles. The molecule has 0 unspecified atom stereocenters. The van der Waals surface area contributed by atoms with Gasteiger partial charge in [-0.3, -0.25) is 4.79 Å². The van der Waals surface area contributed by atoms with Gasteiger partial charge in [0.1, 0.15) is 0 Å². The van der Waals surface area contributed by atoms with E-state index in [9.17, 15) is 4.79 Å². The van der Waals surface area contributed by atoms with E-state index in [0.29, 0.717) is 0 Å². The van der Waals surface area contributed by atoms with Crippen LogP contribution < -0.4 is 5.32 Å². The van der Waals surface area contributed by atoms with Crippen LogP contribution in [0.5, 0.6) is 0 Å². The summed E-state index contributed by atoms with van der Waals surface area (Å²) in [6.07, 6.45) is 4.94. The molecule has 0 aliphatic carbocycles. The van der Waals surface area contributed by atoms with Crippen molar-refractivity contribution in [3.63, 3.8) is 0 Å². The Bertz CT molecular complexity index is 379. The van der Waals surface area contributed by atoms with E-state index in [-0.39, 0.29) is 0 Å². The van der Waals surface area contributed by atoms with Gasteiger partial charge in [0, 0.05) is 9.26 Å². The predicted molar refractivity (Wildman–Crippen MR) is 61.4 cm³/mol. The van der Waals surface area contributed by atoms with Gasteiger partial charge in [-0.1, -0.05) is 6.07 Å². The summed E-state index contributed by atoms with van der Waals surface area (Å²) < 4.78 is 1.10. The number of carbonyl (C=O) groups excluding carboxylic acids is 1. The van der Waals surface area contributed by atoms with Crippen LogP contribution in [0.15, 0.2) is 18.2 Å². The molecule has 0 saturated heterocycles. The molecule has 0 spiro atoms. The summed E-state index contributed by atoms with van der Waals surface area (Å²) in [4.78, 5) is 10.9. The first-order chi connectivity index (χ1) is 6.15. The van der Waals surface area contributed by atoms with Gasteiger partial charge < -0.3 is 5.32 Å². The van der Waals surface area contributed by atoms with Gasteiger partial charge in [-0.05, 0) is 53.1 Å². The van der Waals surface area contributed by atoms with Crippen molar-refractivity contribution in [3.05, 3.63) is 27.3 Å². The molecule has 1 amide bonds. The number of amides is 1. The van der Waals surface area contributed by atoms with Crippen LogP contribution in [-0.2, 0) is 4.79 Å². The number of nitrogens with one attached hydrogen (secondary N) is 1. The van der Waals surface area contributed by atoms with Crippen molar-refractivity contribution in [2.75, 3.05) is 5.32 Å². The Hall–Kier alpha value is -1.02. The lowest BCUT2D eigenvalue weighted by Gasteiger charge is -2.06. The smallest absolute Gasteiger partial charge is 0.300 e. The largest absolute Gasteiger partial charge is 0.315 e. The summed E-state index contributed by atoms with van der Waals surface area (Å²) in [6.45, 7) is 1.94. The normalized spacial score (nSPS) is 9.00. The molecule has 2 nitrogen and oxygen atoms in total. The minimum atomic E-state index is -0.412. The fraction of sp³-hybridized carbons (Fsp3) is 0.100. The zero-order valence-electron chi connectivity index (χ0n) is 7.10. The lowest BCUT2D eigenvalue weighted by molar-refractivity contribution is -0.111. The summed E-state index contributed by atoms with van der Waals surface area (Å²) in [6, 6.07) is 5.68. The van der Waals surface area contributed by atoms with Crippen molar-refractivity contribution in [1.29, 1.82) is 0 Å². The highest BCUT2D eigenvalue weighted by Gasteiger charge is 2.03. The van der Waals surface area contributed by atoms with Crippen molar-refractivity contribution in [2.45, 2.75) is 6.92 Å². The van der Waals surface area contributed by atoms with Crippen LogP contribution in [0.4, 0.5) is 5.69 Å². The van der Waals surface area contributed by atoms with E-state index in [4.69, 9.17) is 6.42 Å². The van der Waals surface area contributed by atoms with E-state index in [0.717, 1.165) is 14.8 Å². The Morgan fingerprint density at radius 2 is 2.31 bits per heavy atom. The minimum Gasteiger partial charge on any atom is -0.315 e. The van der Waals surface area contributed by atoms with E-state index in [1.807, 2.05) is 31.0 Å². The summed E-state index contributed by atoms with van der Waals surface area (Å²) in [5, 5.41) is 2.62. The molecule has 0 atom stereocenters. The van der Waals surface area contributed by atoms with Crippen LogP contribution in [0, 0.1) is 22.8 Å². The third-order valence-electron chi connectivity index (χ3n) is 1.65. The number of terminal acetylenes is 1. The zero-order chi connectivity index (χ0) is 9.84. The summed E-state index contributed by atoms with van der Waals surface area (Å²) >= 11 is 2.21. The first kappa shape index (κ1) is 10.1. The summed E-state index contributed by atoms with van der Waals surface area (Å²) in [7, 11) is 0. The average molecular weight is 285 g/mol. The van der Waals surface area contributed by atoms with E-state index in [1.54, 1.807) is 0 Å². The number of hydrogen-bond acceptors (Lipinski definition) is 1. The van der Waals surface area contributed by atoms with Crippen LogP contribution >= 0.6 is 22.6 Å². The van der Waals surface area contributed by atoms with Crippen LogP contribution in [0.25, 0.3) is 0 Å². The maximum Gasteiger partial charge on any atom is 0.300 e. The standard InChI is InChI=1S/C10H8INO/c1-3-10(13)12-9-6-4-5-8(11)7(9)2/h1,4-6H,2H3,(H,12,13). The van der Waals surface area contributed by atoms with Crippen LogP contribution in [0.1, 0.15) is 5.56 Å². The summed E-state index contributed by atoms with van der Waals surface area (Å²) in [5.41, 5.74) is 1.81. The molecule has 0 fully saturated rings. The van der Waals surface area contributed by atoms with Gasteiger partial charge in [0.2, 0.25) is 0 Å². The van der Waals surface area contributed by atoms with E-state index < -0.39 is 5.91 Å². The van der Waals surface area contributed by atoms with E-state index in [2.05, 4.69) is 27.9 Å². The Morgan fingerprint density at radius 1 is 1.62 bits per heavy atom. The highest BCUT2D eigenvalue weighted by atomic mass is 127. The second-order valence-electron chi connectivity index (χ2n) is 2.51. The number of hydrogen-bond donors (Lipinski definition) is 1. The first-order valence-electron chi connectivity index (χ1n) is 3.68. The lowest BCUT2D eigenvalue weighted by atomic mass is 10.2. The molecule has 0 bridgehead atoms. The topological polar surface area (TPSA) is 29.1 Å². The molecule has 0 aromatic heterocycles. The second-order valence-corrected chi connectivity index (χ2v) is 3.67. The van der Waals surface area contributed by atoms with Crippen LogP contribution in [0.2, 0.25) is 0 Å². The molecule has 1 rings (SSSR count). The van der Waals surface area contributed by atoms with E-state index in [1.165, 1.54) is 0 Å². The Morgan fingerprint density at radius 3 is 2.92 bits per heavy atom. The van der Waals surface area contributed by atoms with Crippen molar-refractivity contribution in [2.24, 2.45) is 0 Å². The Labute approximate surface area is 90.9 Å². The fourth-order valence-corrected chi connectivity index (χ4v) is 1.40. The van der Waals surface area contributed by atoms with Gasteiger partial charge in [0.15, 0.2) is 0 Å². The second kappa shape index (κ2) is 4.28. The monoisotopic (exact) mass is 285 g/mol. The molecular weight excluding hydrogens is 277 g/mol. The maximum absolute atomic E-state index is 10.9.